The second-order valence-electron chi connectivity index (χ2n) is 8.66. The van der Waals surface area contributed by atoms with Crippen molar-refractivity contribution in [3.8, 4) is 0 Å². The maximum atomic E-state index is 13.1. The Labute approximate surface area is 178 Å². The van der Waals surface area contributed by atoms with Crippen molar-refractivity contribution in [2.24, 2.45) is 29.6 Å². The lowest BCUT2D eigenvalue weighted by molar-refractivity contribution is -0.160. The van der Waals surface area contributed by atoms with E-state index < -0.39 is 18.6 Å². The monoisotopic (exact) mass is 461 g/mol. The topological polar surface area (TPSA) is 80.8 Å². The van der Waals surface area contributed by atoms with Gasteiger partial charge in [0.25, 0.3) is 0 Å². The number of Topliss-reactive ketones (excluding diaryl/α,β-unsaturated/α-hetero) is 1. The van der Waals surface area contributed by atoms with Crippen LogP contribution in [0.25, 0.3) is 0 Å². The van der Waals surface area contributed by atoms with E-state index in [1.807, 2.05) is 0 Å². The van der Waals surface area contributed by atoms with Crippen molar-refractivity contribution in [3.05, 3.63) is 34.3 Å². The van der Waals surface area contributed by atoms with E-state index in [1.165, 1.54) is 0 Å². The first-order chi connectivity index (χ1) is 13.8. The van der Waals surface area contributed by atoms with Crippen LogP contribution < -0.4 is 0 Å². The highest BCUT2D eigenvalue weighted by Crippen LogP contribution is 2.56. The highest BCUT2D eigenvalue weighted by molar-refractivity contribution is 9.10. The Balaban J connectivity index is 1.47. The molecular weight excluding hydrogens is 438 g/mol. The fourth-order valence-electron chi connectivity index (χ4n) is 5.32. The largest absolute Gasteiger partial charge is 0.456 e. The van der Waals surface area contributed by atoms with Crippen LogP contribution in [-0.2, 0) is 19.1 Å². The van der Waals surface area contributed by atoms with Gasteiger partial charge in [-0.1, -0.05) is 41.9 Å². The summed E-state index contributed by atoms with van der Waals surface area (Å²) in [6.07, 6.45) is 2.91. The second-order valence-corrected chi connectivity index (χ2v) is 9.57. The van der Waals surface area contributed by atoms with Crippen LogP contribution in [0, 0.1) is 29.6 Å². The van der Waals surface area contributed by atoms with E-state index in [0.29, 0.717) is 5.56 Å². The van der Waals surface area contributed by atoms with Crippen LogP contribution in [-0.4, -0.2) is 41.1 Å². The molecule has 1 saturated heterocycles. The second kappa shape index (κ2) is 7.67. The molecule has 1 heterocycles. The molecule has 7 heteroatoms. The molecule has 1 aromatic rings. The predicted molar refractivity (Wildman–Crippen MR) is 108 cm³/mol. The molecule has 1 aromatic carbocycles. The van der Waals surface area contributed by atoms with Crippen LogP contribution in [0.4, 0.5) is 0 Å². The fraction of sp³-hybridized carbons (Fsp3) is 0.545. The molecule has 0 aromatic heterocycles. The Kier molecular flexibility index (Phi) is 5.36. The minimum atomic E-state index is -0.988. The van der Waals surface area contributed by atoms with Crippen molar-refractivity contribution in [2.45, 2.75) is 39.2 Å². The first-order valence-corrected chi connectivity index (χ1v) is 10.9. The van der Waals surface area contributed by atoms with Gasteiger partial charge in [0.05, 0.1) is 11.8 Å². The minimum Gasteiger partial charge on any atom is -0.456 e. The third-order valence-electron chi connectivity index (χ3n) is 6.62. The van der Waals surface area contributed by atoms with Gasteiger partial charge in [-0.15, -0.1) is 0 Å². The summed E-state index contributed by atoms with van der Waals surface area (Å²) in [5.74, 6) is -1.83. The van der Waals surface area contributed by atoms with Crippen molar-refractivity contribution < 1.29 is 23.9 Å². The summed E-state index contributed by atoms with van der Waals surface area (Å²) in [5.41, 5.74) is 0.432. The zero-order chi connectivity index (χ0) is 20.9. The van der Waals surface area contributed by atoms with Gasteiger partial charge in [-0.2, -0.15) is 0 Å². The molecule has 6 nitrogen and oxygen atoms in total. The molecule has 2 saturated carbocycles. The van der Waals surface area contributed by atoms with Crippen LogP contribution in [0.5, 0.6) is 0 Å². The smallest absolute Gasteiger partial charge is 0.330 e. The molecule has 29 heavy (non-hydrogen) atoms. The third-order valence-corrected chi connectivity index (χ3v) is 7.15. The first kappa shape index (κ1) is 20.3. The molecule has 5 atom stereocenters. The van der Waals surface area contributed by atoms with Gasteiger partial charge in [-0.25, -0.2) is 4.79 Å². The number of likely N-dealkylation sites (tertiary alicyclic amines) is 1. The fourth-order valence-corrected chi connectivity index (χ4v) is 5.59. The molecule has 2 aliphatic carbocycles. The highest BCUT2D eigenvalue weighted by Gasteiger charge is 2.62. The molecule has 0 N–H and O–H groups in total. The maximum absolute atomic E-state index is 13.1. The standard InChI is InChI=1S/C22H24BrNO5/c1-11(2)19(22(28)29-10-16(25)12-5-7-15(23)8-6-12)24-20(26)17-13-3-4-14(9-13)18(17)21(24)27/h5-8,11,13-14,17-19H,3-4,9-10H2,1-2H3. The number of esters is 1. The van der Waals surface area contributed by atoms with Crippen LogP contribution in [0.1, 0.15) is 43.5 Å². The van der Waals surface area contributed by atoms with E-state index in [2.05, 4.69) is 15.9 Å². The average Bonchev–Trinajstić information content (AvgIpc) is 3.36. The Morgan fingerprint density at radius 2 is 1.62 bits per heavy atom. The molecule has 0 spiro atoms. The molecule has 1 aliphatic heterocycles. The number of ether oxygens (including phenoxy) is 1. The lowest BCUT2D eigenvalue weighted by Gasteiger charge is -2.28. The number of carbonyl (C=O) groups is 4. The molecule has 2 amide bonds. The summed E-state index contributed by atoms with van der Waals surface area (Å²) in [6, 6.07) is 5.77. The zero-order valence-electron chi connectivity index (χ0n) is 16.5. The van der Waals surface area contributed by atoms with Gasteiger partial charge in [0.15, 0.2) is 12.4 Å². The van der Waals surface area contributed by atoms with Crippen molar-refractivity contribution in [1.29, 1.82) is 0 Å². The van der Waals surface area contributed by atoms with Gasteiger partial charge in [-0.05, 0) is 49.1 Å². The summed E-state index contributed by atoms with van der Waals surface area (Å²) in [6.45, 7) is 3.15. The van der Waals surface area contributed by atoms with Gasteiger partial charge in [0.1, 0.15) is 6.04 Å². The number of carbonyl (C=O) groups excluding carboxylic acids is 4. The number of hydrogen-bond donors (Lipinski definition) is 0. The number of fused-ring (bicyclic) bond motifs is 5. The number of amides is 2. The van der Waals surface area contributed by atoms with Crippen LogP contribution in [0.15, 0.2) is 28.7 Å². The first-order valence-electron chi connectivity index (χ1n) is 10.1. The lowest BCUT2D eigenvalue weighted by Crippen LogP contribution is -2.50. The Morgan fingerprint density at radius 1 is 1.07 bits per heavy atom. The van der Waals surface area contributed by atoms with Gasteiger partial charge in [0.2, 0.25) is 11.8 Å². The number of benzene rings is 1. The predicted octanol–water partition coefficient (Wildman–Crippen LogP) is 3.23. The summed E-state index contributed by atoms with van der Waals surface area (Å²) in [5, 5.41) is 0. The van der Waals surface area contributed by atoms with Crippen LogP contribution >= 0.6 is 15.9 Å². The van der Waals surface area contributed by atoms with Crippen LogP contribution in [0.2, 0.25) is 0 Å². The third kappa shape index (κ3) is 3.43. The molecule has 4 rings (SSSR count). The summed E-state index contributed by atoms with van der Waals surface area (Å²) < 4.78 is 6.11. The molecule has 3 fully saturated rings. The minimum absolute atomic E-state index is 0.234. The zero-order valence-corrected chi connectivity index (χ0v) is 18.1. The molecule has 3 aliphatic rings. The summed E-state index contributed by atoms with van der Waals surface area (Å²) in [4.78, 5) is 52.4. The summed E-state index contributed by atoms with van der Waals surface area (Å²) in [7, 11) is 0. The maximum Gasteiger partial charge on any atom is 0.330 e. The lowest BCUT2D eigenvalue weighted by atomic mass is 9.81. The van der Waals surface area contributed by atoms with Crippen molar-refractivity contribution in [2.75, 3.05) is 6.61 Å². The molecule has 2 bridgehead atoms. The Bertz CT molecular complexity index is 836. The van der Waals surface area contributed by atoms with Crippen LogP contribution in [0.3, 0.4) is 0 Å². The Morgan fingerprint density at radius 3 is 2.14 bits per heavy atom. The van der Waals surface area contributed by atoms with Gasteiger partial charge >= 0.3 is 5.97 Å². The van der Waals surface area contributed by atoms with Gasteiger partial charge in [0, 0.05) is 10.0 Å². The van der Waals surface area contributed by atoms with Crippen molar-refractivity contribution in [3.63, 3.8) is 0 Å². The average molecular weight is 462 g/mol. The number of rotatable bonds is 6. The van der Waals surface area contributed by atoms with E-state index in [-0.39, 0.29) is 47.2 Å². The normalized spacial score (nSPS) is 28.8. The summed E-state index contributed by atoms with van der Waals surface area (Å²) >= 11 is 3.31. The molecule has 154 valence electrons. The number of imide groups is 1. The van der Waals surface area contributed by atoms with Gasteiger partial charge < -0.3 is 4.74 Å². The van der Waals surface area contributed by atoms with E-state index in [0.717, 1.165) is 28.6 Å². The quantitative estimate of drug-likeness (QED) is 0.369. The number of hydrogen-bond acceptors (Lipinski definition) is 5. The van der Waals surface area contributed by atoms with Crippen molar-refractivity contribution in [1.82, 2.24) is 4.90 Å². The van der Waals surface area contributed by atoms with E-state index in [1.54, 1.807) is 38.1 Å². The van der Waals surface area contributed by atoms with Gasteiger partial charge in [-0.3, -0.25) is 19.3 Å². The van der Waals surface area contributed by atoms with E-state index in [4.69, 9.17) is 4.74 Å². The van der Waals surface area contributed by atoms with E-state index >= 15 is 0 Å². The highest BCUT2D eigenvalue weighted by atomic mass is 79.9. The molecule has 5 unspecified atom stereocenters. The SMILES string of the molecule is CC(C)C(C(=O)OCC(=O)c1ccc(Br)cc1)N1C(=O)C2C3CCC(C3)C2C1=O. The number of halogens is 1. The number of ketones is 1. The molecular formula is C22H24BrNO5. The molecule has 0 radical (unpaired) electrons. The van der Waals surface area contributed by atoms with Crippen molar-refractivity contribution >= 4 is 39.5 Å². The Hall–Kier alpha value is -2.02. The number of nitrogens with zero attached hydrogens (tertiary/aromatic N) is 1. The van der Waals surface area contributed by atoms with E-state index in [9.17, 15) is 19.2 Å².